The molecule has 0 aliphatic heterocycles. The molecule has 2 aromatic heterocycles. The quantitative estimate of drug-likeness (QED) is 0.887. The minimum atomic E-state index is 0.0158. The highest BCUT2D eigenvalue weighted by Gasteiger charge is 2.13. The van der Waals surface area contributed by atoms with E-state index in [9.17, 15) is 4.79 Å². The highest BCUT2D eigenvalue weighted by molar-refractivity contribution is 7.14. The Hall–Kier alpha value is -1.73. The molecule has 1 amide bonds. The van der Waals surface area contributed by atoms with E-state index in [0.29, 0.717) is 19.6 Å². The van der Waals surface area contributed by atoms with E-state index in [2.05, 4.69) is 15.5 Å². The average Bonchev–Trinajstić information content (AvgIpc) is 3.01. The Morgan fingerprint density at radius 1 is 1.43 bits per heavy atom. The van der Waals surface area contributed by atoms with Crippen molar-refractivity contribution in [2.24, 2.45) is 0 Å². The molecule has 21 heavy (non-hydrogen) atoms. The van der Waals surface area contributed by atoms with Crippen LogP contribution in [0.25, 0.3) is 0 Å². The maximum Gasteiger partial charge on any atom is 0.225 e. The summed E-state index contributed by atoms with van der Waals surface area (Å²) < 4.78 is 5.13. The molecule has 0 aliphatic carbocycles. The van der Waals surface area contributed by atoms with E-state index in [-0.39, 0.29) is 5.91 Å². The first-order valence-corrected chi connectivity index (χ1v) is 7.75. The summed E-state index contributed by atoms with van der Waals surface area (Å²) in [5, 5.41) is 9.98. The monoisotopic (exact) mass is 308 g/mol. The lowest BCUT2D eigenvalue weighted by Crippen LogP contribution is -2.27. The van der Waals surface area contributed by atoms with Crippen LogP contribution in [0.5, 0.6) is 0 Å². The molecule has 0 atom stereocenters. The molecule has 0 radical (unpaired) electrons. The van der Waals surface area contributed by atoms with Gasteiger partial charge in [-0.1, -0.05) is 5.16 Å². The van der Waals surface area contributed by atoms with Crippen LogP contribution >= 0.6 is 11.3 Å². The van der Waals surface area contributed by atoms with Crippen molar-refractivity contribution < 1.29 is 9.32 Å². The predicted octanol–water partition coefficient (Wildman–Crippen LogP) is 2.41. The summed E-state index contributed by atoms with van der Waals surface area (Å²) in [4.78, 5) is 17.6. The molecule has 0 aliphatic rings. The molecular weight excluding hydrogens is 288 g/mol. The van der Waals surface area contributed by atoms with Crippen molar-refractivity contribution in [1.29, 1.82) is 0 Å². The van der Waals surface area contributed by atoms with Gasteiger partial charge in [0.05, 0.1) is 11.4 Å². The molecule has 0 saturated carbocycles. The fourth-order valence-corrected chi connectivity index (χ4v) is 3.00. The van der Waals surface area contributed by atoms with E-state index in [0.717, 1.165) is 27.8 Å². The van der Waals surface area contributed by atoms with Crippen molar-refractivity contribution in [1.82, 2.24) is 15.5 Å². The number of nitrogens with one attached hydrogen (secondary N) is 1. The summed E-state index contributed by atoms with van der Waals surface area (Å²) in [6, 6.07) is 0. The number of amides is 1. The second-order valence-electron chi connectivity index (χ2n) is 4.79. The molecular formula is C14H20N4O2S. The normalized spacial score (nSPS) is 10.9. The van der Waals surface area contributed by atoms with Gasteiger partial charge in [-0.25, -0.2) is 4.98 Å². The first kappa shape index (κ1) is 15.7. The van der Waals surface area contributed by atoms with E-state index >= 15 is 0 Å². The van der Waals surface area contributed by atoms with Gasteiger partial charge >= 0.3 is 0 Å². The van der Waals surface area contributed by atoms with Crippen LogP contribution in [0, 0.1) is 13.8 Å². The molecule has 0 bridgehead atoms. The van der Waals surface area contributed by atoms with E-state index in [1.54, 1.807) is 11.8 Å². The molecule has 0 fully saturated rings. The lowest BCUT2D eigenvalue weighted by atomic mass is 10.2. The van der Waals surface area contributed by atoms with E-state index in [1.165, 1.54) is 11.3 Å². The summed E-state index contributed by atoms with van der Waals surface area (Å²) in [6.45, 7) is 9.31. The molecule has 2 rings (SSSR count). The summed E-state index contributed by atoms with van der Waals surface area (Å²) in [7, 11) is 0. The Kier molecular flexibility index (Phi) is 5.08. The maximum atomic E-state index is 11.5. The van der Waals surface area contributed by atoms with Gasteiger partial charge in [0.25, 0.3) is 0 Å². The molecule has 6 nitrogen and oxygen atoms in total. The van der Waals surface area contributed by atoms with E-state index in [4.69, 9.17) is 4.52 Å². The lowest BCUT2D eigenvalue weighted by Gasteiger charge is -2.14. The molecule has 0 unspecified atom stereocenters. The molecule has 114 valence electrons. The molecule has 0 saturated heterocycles. The Balaban J connectivity index is 1.93. The number of nitrogens with zero attached hydrogens (tertiary/aromatic N) is 3. The van der Waals surface area contributed by atoms with Gasteiger partial charge in [-0.05, 0) is 20.8 Å². The second kappa shape index (κ2) is 6.82. The fourth-order valence-electron chi connectivity index (χ4n) is 2.06. The van der Waals surface area contributed by atoms with Gasteiger partial charge in [0.1, 0.15) is 5.76 Å². The van der Waals surface area contributed by atoms with Gasteiger partial charge in [0, 0.05) is 37.5 Å². The molecule has 0 aromatic carbocycles. The van der Waals surface area contributed by atoms with Crippen LogP contribution < -0.4 is 10.2 Å². The van der Waals surface area contributed by atoms with Crippen LogP contribution in [0.4, 0.5) is 5.13 Å². The zero-order valence-electron chi connectivity index (χ0n) is 12.8. The first-order chi connectivity index (χ1) is 10.0. The molecule has 2 aromatic rings. The van der Waals surface area contributed by atoms with Crippen LogP contribution in [-0.2, 0) is 17.9 Å². The summed E-state index contributed by atoms with van der Waals surface area (Å²) in [5.41, 5.74) is 2.93. The highest BCUT2D eigenvalue weighted by Crippen LogP contribution is 2.20. The van der Waals surface area contributed by atoms with Crippen LogP contribution in [0.2, 0.25) is 0 Å². The average molecular weight is 308 g/mol. The second-order valence-corrected chi connectivity index (χ2v) is 5.63. The third kappa shape index (κ3) is 3.68. The number of carbonyl (C=O) groups is 1. The molecule has 0 spiro atoms. The number of aromatic nitrogens is 2. The van der Waals surface area contributed by atoms with Crippen LogP contribution in [-0.4, -0.2) is 22.6 Å². The third-order valence-corrected chi connectivity index (χ3v) is 4.17. The number of thiazole rings is 1. The third-order valence-electron chi connectivity index (χ3n) is 3.26. The molecule has 2 heterocycles. The minimum Gasteiger partial charge on any atom is -0.361 e. The first-order valence-electron chi connectivity index (χ1n) is 6.87. The van der Waals surface area contributed by atoms with Gasteiger partial charge in [0.15, 0.2) is 5.13 Å². The predicted molar refractivity (Wildman–Crippen MR) is 82.3 cm³/mol. The van der Waals surface area contributed by atoms with E-state index < -0.39 is 0 Å². The summed E-state index contributed by atoms with van der Waals surface area (Å²) in [5.74, 6) is 0.856. The number of hydrogen-bond donors (Lipinski definition) is 1. The largest absolute Gasteiger partial charge is 0.361 e. The van der Waals surface area contributed by atoms with Gasteiger partial charge in [-0.2, -0.15) is 0 Å². The topological polar surface area (TPSA) is 71.3 Å². The van der Waals surface area contributed by atoms with Crippen LogP contribution in [0.3, 0.4) is 0 Å². The number of carbonyl (C=O) groups excluding carboxylic acids is 1. The smallest absolute Gasteiger partial charge is 0.225 e. The number of anilines is 1. The number of aryl methyl sites for hydroxylation is 2. The zero-order chi connectivity index (χ0) is 15.4. The van der Waals surface area contributed by atoms with Crippen molar-refractivity contribution in [2.45, 2.75) is 40.8 Å². The standard InChI is InChI=1S/C14H20N4O2S/c1-5-18(11(4)19)14-16-12(8-21-14)6-15-7-13-9(2)17-20-10(13)3/h8,15H,5-7H2,1-4H3. The Morgan fingerprint density at radius 2 is 2.19 bits per heavy atom. The molecule has 7 heteroatoms. The van der Waals surface area contributed by atoms with Crippen LogP contribution in [0.1, 0.15) is 36.6 Å². The van der Waals surface area contributed by atoms with Crippen molar-refractivity contribution in [3.05, 3.63) is 28.1 Å². The van der Waals surface area contributed by atoms with Gasteiger partial charge < -0.3 is 9.84 Å². The lowest BCUT2D eigenvalue weighted by molar-refractivity contribution is -0.116. The fraction of sp³-hybridized carbons (Fsp3) is 0.500. The van der Waals surface area contributed by atoms with Crippen molar-refractivity contribution in [3.63, 3.8) is 0 Å². The zero-order valence-corrected chi connectivity index (χ0v) is 13.6. The molecule has 1 N–H and O–H groups in total. The van der Waals surface area contributed by atoms with Crippen molar-refractivity contribution in [2.75, 3.05) is 11.4 Å². The Labute approximate surface area is 128 Å². The maximum absolute atomic E-state index is 11.5. The van der Waals surface area contributed by atoms with Crippen LogP contribution in [0.15, 0.2) is 9.90 Å². The highest BCUT2D eigenvalue weighted by atomic mass is 32.1. The Morgan fingerprint density at radius 3 is 2.76 bits per heavy atom. The SMILES string of the molecule is CCN(C(C)=O)c1nc(CNCc2c(C)noc2C)cs1. The summed E-state index contributed by atoms with van der Waals surface area (Å²) >= 11 is 1.49. The van der Waals surface area contributed by atoms with Crippen molar-refractivity contribution >= 4 is 22.4 Å². The van der Waals surface area contributed by atoms with Gasteiger partial charge in [-0.15, -0.1) is 11.3 Å². The Bertz CT molecular complexity index is 601. The van der Waals surface area contributed by atoms with E-state index in [1.807, 2.05) is 26.2 Å². The van der Waals surface area contributed by atoms with Gasteiger partial charge in [-0.3, -0.25) is 9.69 Å². The summed E-state index contributed by atoms with van der Waals surface area (Å²) in [6.07, 6.45) is 0. The number of hydrogen-bond acceptors (Lipinski definition) is 6. The minimum absolute atomic E-state index is 0.0158. The number of rotatable bonds is 6. The van der Waals surface area contributed by atoms with Gasteiger partial charge in [0.2, 0.25) is 5.91 Å². The van der Waals surface area contributed by atoms with Crippen molar-refractivity contribution in [3.8, 4) is 0 Å².